The van der Waals surface area contributed by atoms with Gasteiger partial charge >= 0.3 is 0 Å². The minimum atomic E-state index is -4.24. The zero-order valence-corrected chi connectivity index (χ0v) is 10.5. The smallest absolute Gasteiger partial charge is 0.298 e. The normalized spacial score (nSPS) is 11.2. The van der Waals surface area contributed by atoms with Crippen LogP contribution in [0.5, 0.6) is 5.75 Å². The summed E-state index contributed by atoms with van der Waals surface area (Å²) in [4.78, 5) is -0.193. The van der Waals surface area contributed by atoms with Gasteiger partial charge in [-0.1, -0.05) is 12.1 Å². The van der Waals surface area contributed by atoms with Crippen LogP contribution in [0.4, 0.5) is 0 Å². The Labute approximate surface area is 102 Å². The van der Waals surface area contributed by atoms with Crippen LogP contribution in [0.1, 0.15) is 18.4 Å². The first-order valence-corrected chi connectivity index (χ1v) is 6.71. The van der Waals surface area contributed by atoms with E-state index in [1.165, 1.54) is 6.07 Å². The Bertz CT molecular complexity index is 491. The van der Waals surface area contributed by atoms with Crippen molar-refractivity contribution in [1.29, 1.82) is 0 Å². The van der Waals surface area contributed by atoms with Gasteiger partial charge in [-0.15, -0.1) is 6.58 Å². The van der Waals surface area contributed by atoms with E-state index in [9.17, 15) is 8.42 Å². The van der Waals surface area contributed by atoms with Gasteiger partial charge < -0.3 is 4.74 Å². The SMILES string of the molecule is C=CCCCOc1cc(C)ccc1S(=O)(=O)O. The maximum absolute atomic E-state index is 11.1. The Morgan fingerprint density at radius 1 is 1.47 bits per heavy atom. The fourth-order valence-corrected chi connectivity index (χ4v) is 1.96. The topological polar surface area (TPSA) is 63.6 Å². The molecule has 0 saturated heterocycles. The van der Waals surface area contributed by atoms with Crippen LogP contribution < -0.4 is 4.74 Å². The number of allylic oxidation sites excluding steroid dienone is 1. The average molecular weight is 256 g/mol. The van der Waals surface area contributed by atoms with Gasteiger partial charge in [0.15, 0.2) is 0 Å². The molecule has 0 aliphatic carbocycles. The third-order valence-corrected chi connectivity index (χ3v) is 3.08. The number of rotatable bonds is 6. The molecule has 0 unspecified atom stereocenters. The van der Waals surface area contributed by atoms with E-state index in [1.807, 2.05) is 6.92 Å². The van der Waals surface area contributed by atoms with Crippen LogP contribution in [0.2, 0.25) is 0 Å². The summed E-state index contributed by atoms with van der Waals surface area (Å²) in [6.07, 6.45) is 3.32. The molecule has 0 radical (unpaired) electrons. The molecular weight excluding hydrogens is 240 g/mol. The Morgan fingerprint density at radius 2 is 2.18 bits per heavy atom. The fraction of sp³-hybridized carbons (Fsp3) is 0.333. The highest BCUT2D eigenvalue weighted by Gasteiger charge is 2.16. The predicted molar refractivity (Wildman–Crippen MR) is 65.9 cm³/mol. The first-order valence-electron chi connectivity index (χ1n) is 5.27. The molecule has 94 valence electrons. The predicted octanol–water partition coefficient (Wildman–Crippen LogP) is 2.59. The van der Waals surface area contributed by atoms with Crippen molar-refractivity contribution >= 4 is 10.1 Å². The number of aryl methyl sites for hydroxylation is 1. The third-order valence-electron chi connectivity index (χ3n) is 2.19. The molecule has 1 N–H and O–H groups in total. The maximum atomic E-state index is 11.1. The van der Waals surface area contributed by atoms with Gasteiger partial charge in [-0.25, -0.2) is 0 Å². The summed E-state index contributed by atoms with van der Waals surface area (Å²) in [5.41, 5.74) is 0.871. The Morgan fingerprint density at radius 3 is 2.76 bits per heavy atom. The number of hydrogen-bond donors (Lipinski definition) is 1. The third kappa shape index (κ3) is 4.20. The van der Waals surface area contributed by atoms with E-state index < -0.39 is 10.1 Å². The summed E-state index contributed by atoms with van der Waals surface area (Å²) < 4.78 is 36.6. The van der Waals surface area contributed by atoms with Crippen molar-refractivity contribution in [2.24, 2.45) is 0 Å². The number of unbranched alkanes of at least 4 members (excludes halogenated alkanes) is 1. The van der Waals surface area contributed by atoms with Gasteiger partial charge in [0.05, 0.1) is 6.61 Å². The molecule has 0 saturated carbocycles. The lowest BCUT2D eigenvalue weighted by molar-refractivity contribution is 0.302. The van der Waals surface area contributed by atoms with E-state index in [0.29, 0.717) is 6.61 Å². The van der Waals surface area contributed by atoms with Crippen LogP contribution >= 0.6 is 0 Å². The van der Waals surface area contributed by atoms with Crippen LogP contribution in [0.25, 0.3) is 0 Å². The molecule has 1 rings (SSSR count). The van der Waals surface area contributed by atoms with Gasteiger partial charge in [0, 0.05) is 0 Å². The highest BCUT2D eigenvalue weighted by molar-refractivity contribution is 7.86. The van der Waals surface area contributed by atoms with Crippen molar-refractivity contribution in [3.05, 3.63) is 36.4 Å². The van der Waals surface area contributed by atoms with Gasteiger partial charge in [-0.05, 0) is 37.5 Å². The first-order chi connectivity index (χ1) is 7.95. The van der Waals surface area contributed by atoms with Crippen molar-refractivity contribution in [2.45, 2.75) is 24.7 Å². The van der Waals surface area contributed by atoms with Crippen molar-refractivity contribution in [3.63, 3.8) is 0 Å². The quantitative estimate of drug-likeness (QED) is 0.482. The lowest BCUT2D eigenvalue weighted by Crippen LogP contribution is -2.05. The molecule has 0 atom stereocenters. The molecule has 5 heteroatoms. The zero-order chi connectivity index (χ0) is 12.9. The number of hydrogen-bond acceptors (Lipinski definition) is 3. The van der Waals surface area contributed by atoms with E-state index in [4.69, 9.17) is 9.29 Å². The highest BCUT2D eigenvalue weighted by Crippen LogP contribution is 2.25. The van der Waals surface area contributed by atoms with Crippen molar-refractivity contribution in [2.75, 3.05) is 6.61 Å². The summed E-state index contributed by atoms with van der Waals surface area (Å²) >= 11 is 0. The van der Waals surface area contributed by atoms with Gasteiger partial charge in [0.25, 0.3) is 10.1 Å². The monoisotopic (exact) mass is 256 g/mol. The molecule has 0 spiro atoms. The average Bonchev–Trinajstić information content (AvgIpc) is 2.23. The molecule has 0 aliphatic heterocycles. The molecule has 1 aromatic carbocycles. The number of ether oxygens (including phenoxy) is 1. The Kier molecular flexibility index (Phi) is 4.72. The molecule has 0 fully saturated rings. The lowest BCUT2D eigenvalue weighted by atomic mass is 10.2. The Balaban J connectivity index is 2.88. The van der Waals surface area contributed by atoms with Crippen LogP contribution in [0.3, 0.4) is 0 Å². The first kappa shape index (κ1) is 13.7. The molecule has 0 aliphatic rings. The van der Waals surface area contributed by atoms with Crippen LogP contribution in [-0.2, 0) is 10.1 Å². The zero-order valence-electron chi connectivity index (χ0n) is 9.72. The van der Waals surface area contributed by atoms with Crippen molar-refractivity contribution in [1.82, 2.24) is 0 Å². The van der Waals surface area contributed by atoms with E-state index in [1.54, 1.807) is 18.2 Å². The highest BCUT2D eigenvalue weighted by atomic mass is 32.2. The van der Waals surface area contributed by atoms with Crippen LogP contribution in [0, 0.1) is 6.92 Å². The standard InChI is InChI=1S/C12H16O4S/c1-3-4-5-8-16-11-9-10(2)6-7-12(11)17(13,14)15/h3,6-7,9H,1,4-5,8H2,2H3,(H,13,14,15). The summed E-state index contributed by atoms with van der Waals surface area (Å²) in [5.74, 6) is 0.191. The van der Waals surface area contributed by atoms with Crippen LogP contribution in [0.15, 0.2) is 35.7 Å². The minimum Gasteiger partial charge on any atom is -0.492 e. The lowest BCUT2D eigenvalue weighted by Gasteiger charge is -2.10. The van der Waals surface area contributed by atoms with Gasteiger partial charge in [0.2, 0.25) is 0 Å². The van der Waals surface area contributed by atoms with Crippen molar-refractivity contribution in [3.8, 4) is 5.75 Å². The van der Waals surface area contributed by atoms with Gasteiger partial charge in [-0.2, -0.15) is 8.42 Å². The second-order valence-electron chi connectivity index (χ2n) is 3.70. The fourth-order valence-electron chi connectivity index (χ4n) is 1.35. The van der Waals surface area contributed by atoms with Crippen LogP contribution in [-0.4, -0.2) is 19.6 Å². The second-order valence-corrected chi connectivity index (χ2v) is 5.09. The van der Waals surface area contributed by atoms with E-state index >= 15 is 0 Å². The minimum absolute atomic E-state index is 0.191. The summed E-state index contributed by atoms with van der Waals surface area (Å²) in [6.45, 7) is 5.80. The maximum Gasteiger partial charge on any atom is 0.298 e. The molecule has 0 heterocycles. The summed E-state index contributed by atoms with van der Waals surface area (Å²) in [7, 11) is -4.24. The molecule has 0 aromatic heterocycles. The number of benzene rings is 1. The van der Waals surface area contributed by atoms with Gasteiger partial charge in [0.1, 0.15) is 10.6 Å². The second kappa shape index (κ2) is 5.84. The van der Waals surface area contributed by atoms with E-state index in [-0.39, 0.29) is 10.6 Å². The largest absolute Gasteiger partial charge is 0.492 e. The molecule has 4 nitrogen and oxygen atoms in total. The molecule has 0 bridgehead atoms. The summed E-state index contributed by atoms with van der Waals surface area (Å²) in [6, 6.07) is 4.55. The van der Waals surface area contributed by atoms with Gasteiger partial charge in [-0.3, -0.25) is 4.55 Å². The molecular formula is C12H16O4S. The summed E-state index contributed by atoms with van der Waals surface area (Å²) in [5, 5.41) is 0. The van der Waals surface area contributed by atoms with E-state index in [2.05, 4.69) is 6.58 Å². The van der Waals surface area contributed by atoms with E-state index in [0.717, 1.165) is 18.4 Å². The van der Waals surface area contributed by atoms with Crippen molar-refractivity contribution < 1.29 is 17.7 Å². The molecule has 17 heavy (non-hydrogen) atoms. The molecule has 1 aromatic rings. The molecule has 0 amide bonds. The Hall–Kier alpha value is -1.33.